The molecule has 3 heterocycles. The van der Waals surface area contributed by atoms with Crippen molar-refractivity contribution in [1.29, 1.82) is 0 Å². The maximum Gasteiger partial charge on any atom is 0.193 e. The molecule has 86 valence electrons. The van der Waals surface area contributed by atoms with Crippen LogP contribution in [-0.2, 0) is 13.6 Å². The molecule has 0 aliphatic heterocycles. The average Bonchev–Trinajstić information content (AvgIpc) is 2.97. The summed E-state index contributed by atoms with van der Waals surface area (Å²) in [6.07, 6.45) is 3.49. The molecule has 0 aliphatic rings. The van der Waals surface area contributed by atoms with E-state index in [4.69, 9.17) is 0 Å². The van der Waals surface area contributed by atoms with Gasteiger partial charge in [0.15, 0.2) is 11.6 Å². The molecule has 0 fully saturated rings. The van der Waals surface area contributed by atoms with Gasteiger partial charge >= 0.3 is 0 Å². The molecular weight excluding hydrogens is 220 g/mol. The van der Waals surface area contributed by atoms with E-state index < -0.39 is 0 Å². The third-order valence-corrected chi connectivity index (χ3v) is 2.45. The quantitative estimate of drug-likeness (QED) is 0.662. The number of aromatic amines is 1. The van der Waals surface area contributed by atoms with E-state index in [2.05, 4.69) is 35.9 Å². The summed E-state index contributed by atoms with van der Waals surface area (Å²) in [4.78, 5) is 8.54. The van der Waals surface area contributed by atoms with E-state index in [0.717, 1.165) is 11.0 Å². The predicted molar refractivity (Wildman–Crippen MR) is 60.0 cm³/mol. The van der Waals surface area contributed by atoms with E-state index in [1.807, 2.05) is 17.7 Å². The number of rotatable bonds is 3. The molecule has 8 nitrogen and oxygen atoms in total. The highest BCUT2D eigenvalue weighted by molar-refractivity contribution is 5.85. The van der Waals surface area contributed by atoms with Crippen molar-refractivity contribution in [3.63, 3.8) is 0 Å². The predicted octanol–water partition coefficient (Wildman–Crippen LogP) is 0.0935. The zero-order chi connectivity index (χ0) is 11.7. The van der Waals surface area contributed by atoms with Gasteiger partial charge in [0.2, 0.25) is 0 Å². The molecule has 8 heteroatoms. The van der Waals surface area contributed by atoms with Crippen molar-refractivity contribution < 1.29 is 0 Å². The summed E-state index contributed by atoms with van der Waals surface area (Å²) >= 11 is 0. The fourth-order valence-corrected chi connectivity index (χ4v) is 1.61. The number of pyridine rings is 1. The van der Waals surface area contributed by atoms with Crippen LogP contribution >= 0.6 is 0 Å². The van der Waals surface area contributed by atoms with Gasteiger partial charge in [-0.2, -0.15) is 5.21 Å². The minimum Gasteiger partial charge on any atom is -0.361 e. The van der Waals surface area contributed by atoms with E-state index in [0.29, 0.717) is 18.2 Å². The van der Waals surface area contributed by atoms with Gasteiger partial charge in [-0.25, -0.2) is 9.97 Å². The molecule has 0 spiro atoms. The summed E-state index contributed by atoms with van der Waals surface area (Å²) in [5, 5.41) is 16.7. The van der Waals surface area contributed by atoms with E-state index in [1.54, 1.807) is 12.5 Å². The Kier molecular flexibility index (Phi) is 2.18. The van der Waals surface area contributed by atoms with Crippen molar-refractivity contribution >= 4 is 16.9 Å². The van der Waals surface area contributed by atoms with Crippen LogP contribution in [0.5, 0.6) is 0 Å². The second kappa shape index (κ2) is 3.81. The Hall–Kier alpha value is -2.51. The van der Waals surface area contributed by atoms with Gasteiger partial charge < -0.3 is 9.88 Å². The van der Waals surface area contributed by atoms with Crippen LogP contribution in [0.4, 0.5) is 5.82 Å². The molecule has 0 aliphatic carbocycles. The summed E-state index contributed by atoms with van der Waals surface area (Å²) in [6.45, 7) is 0.458. The summed E-state index contributed by atoms with van der Waals surface area (Å²) < 4.78 is 1.94. The Morgan fingerprint density at radius 3 is 3.18 bits per heavy atom. The highest BCUT2D eigenvalue weighted by Gasteiger charge is 2.07. The zero-order valence-electron chi connectivity index (χ0n) is 9.12. The molecule has 3 rings (SSSR count). The molecule has 0 unspecified atom stereocenters. The summed E-state index contributed by atoms with van der Waals surface area (Å²) in [6, 6.07) is 1.92. The summed E-state index contributed by atoms with van der Waals surface area (Å²) in [5.74, 6) is 1.30. The number of anilines is 1. The molecule has 0 saturated heterocycles. The fourth-order valence-electron chi connectivity index (χ4n) is 1.61. The van der Waals surface area contributed by atoms with Crippen molar-refractivity contribution in [2.75, 3.05) is 5.32 Å². The van der Waals surface area contributed by atoms with Crippen LogP contribution in [0.25, 0.3) is 11.0 Å². The maximum absolute atomic E-state index is 4.29. The second-order valence-electron chi connectivity index (χ2n) is 3.56. The molecule has 0 aromatic carbocycles. The van der Waals surface area contributed by atoms with Crippen LogP contribution in [0.15, 0.2) is 18.6 Å². The molecule has 0 amide bonds. The molecule has 3 aromatic heterocycles. The largest absolute Gasteiger partial charge is 0.361 e. The first-order valence-electron chi connectivity index (χ1n) is 5.07. The van der Waals surface area contributed by atoms with Crippen LogP contribution in [0.1, 0.15) is 5.82 Å². The molecule has 3 aromatic rings. The maximum atomic E-state index is 4.29. The lowest BCUT2D eigenvalue weighted by molar-refractivity contribution is 0.881. The first kappa shape index (κ1) is 9.70. The standard InChI is InChI=1S/C9H10N8/c1-17-5-12-8-6(17)2-3-10-9(8)11-4-7-13-15-16-14-7/h2-3,5H,4H2,1H3,(H,10,11)(H,13,14,15,16). The van der Waals surface area contributed by atoms with Crippen molar-refractivity contribution in [3.8, 4) is 0 Å². The molecule has 0 saturated carbocycles. The van der Waals surface area contributed by atoms with Crippen molar-refractivity contribution in [3.05, 3.63) is 24.4 Å². The monoisotopic (exact) mass is 230 g/mol. The summed E-state index contributed by atoms with van der Waals surface area (Å²) in [5.41, 5.74) is 1.86. The van der Waals surface area contributed by atoms with Crippen molar-refractivity contribution in [1.82, 2.24) is 35.2 Å². The lowest BCUT2D eigenvalue weighted by atomic mass is 10.3. The number of nitrogens with zero attached hydrogens (tertiary/aromatic N) is 6. The minimum absolute atomic E-state index is 0.458. The minimum atomic E-state index is 0.458. The highest BCUT2D eigenvalue weighted by atomic mass is 15.5. The number of aromatic nitrogens is 7. The number of hydrogen-bond acceptors (Lipinski definition) is 6. The molecular formula is C9H10N8. The molecule has 17 heavy (non-hydrogen) atoms. The molecule has 2 N–H and O–H groups in total. The van der Waals surface area contributed by atoms with Gasteiger partial charge in [0.1, 0.15) is 5.52 Å². The Bertz CT molecular complexity index is 626. The highest BCUT2D eigenvalue weighted by Crippen LogP contribution is 2.18. The Morgan fingerprint density at radius 2 is 2.35 bits per heavy atom. The molecule has 0 atom stereocenters. The Balaban J connectivity index is 1.90. The van der Waals surface area contributed by atoms with E-state index in [1.165, 1.54) is 0 Å². The van der Waals surface area contributed by atoms with Gasteiger partial charge in [0.05, 0.1) is 18.4 Å². The van der Waals surface area contributed by atoms with Gasteiger partial charge in [0.25, 0.3) is 0 Å². The van der Waals surface area contributed by atoms with Crippen molar-refractivity contribution in [2.45, 2.75) is 6.54 Å². The van der Waals surface area contributed by atoms with Gasteiger partial charge in [-0.1, -0.05) is 5.21 Å². The third-order valence-electron chi connectivity index (χ3n) is 2.45. The lowest BCUT2D eigenvalue weighted by Gasteiger charge is -2.03. The topological polar surface area (TPSA) is 97.2 Å². The number of hydrogen-bond donors (Lipinski definition) is 2. The van der Waals surface area contributed by atoms with Gasteiger partial charge in [0, 0.05) is 13.2 Å². The number of tetrazole rings is 1. The van der Waals surface area contributed by atoms with Crippen LogP contribution in [0.2, 0.25) is 0 Å². The van der Waals surface area contributed by atoms with E-state index in [-0.39, 0.29) is 0 Å². The first-order valence-corrected chi connectivity index (χ1v) is 5.07. The average molecular weight is 230 g/mol. The SMILES string of the molecule is Cn1cnc2c(NCc3nn[nH]n3)nccc21. The van der Waals surface area contributed by atoms with Gasteiger partial charge in [-0.05, 0) is 6.07 Å². The third kappa shape index (κ3) is 1.69. The van der Waals surface area contributed by atoms with Gasteiger partial charge in [-0.15, -0.1) is 10.2 Å². The fraction of sp³-hybridized carbons (Fsp3) is 0.222. The van der Waals surface area contributed by atoms with E-state index in [9.17, 15) is 0 Å². The molecule has 0 radical (unpaired) electrons. The van der Waals surface area contributed by atoms with Crippen LogP contribution in [0.3, 0.4) is 0 Å². The van der Waals surface area contributed by atoms with Crippen LogP contribution in [0, 0.1) is 0 Å². The summed E-state index contributed by atoms with van der Waals surface area (Å²) in [7, 11) is 1.94. The van der Waals surface area contributed by atoms with Gasteiger partial charge in [-0.3, -0.25) is 0 Å². The second-order valence-corrected chi connectivity index (χ2v) is 3.56. The van der Waals surface area contributed by atoms with Crippen LogP contribution in [-0.4, -0.2) is 35.2 Å². The number of imidazole rings is 1. The Labute approximate surface area is 96.1 Å². The lowest BCUT2D eigenvalue weighted by Crippen LogP contribution is -2.03. The Morgan fingerprint density at radius 1 is 1.41 bits per heavy atom. The smallest absolute Gasteiger partial charge is 0.193 e. The van der Waals surface area contributed by atoms with Crippen molar-refractivity contribution in [2.24, 2.45) is 7.05 Å². The van der Waals surface area contributed by atoms with Crippen LogP contribution < -0.4 is 5.32 Å². The number of fused-ring (bicyclic) bond motifs is 1. The normalized spacial score (nSPS) is 10.9. The molecule has 0 bridgehead atoms. The number of nitrogens with one attached hydrogen (secondary N) is 2. The number of aryl methyl sites for hydroxylation is 1. The zero-order valence-corrected chi connectivity index (χ0v) is 9.12. The first-order chi connectivity index (χ1) is 8.34. The number of H-pyrrole nitrogens is 1. The van der Waals surface area contributed by atoms with E-state index >= 15 is 0 Å².